The van der Waals surface area contributed by atoms with Gasteiger partial charge in [-0.05, 0) is 17.7 Å². The number of aliphatic carboxylic acids is 1. The van der Waals surface area contributed by atoms with Gasteiger partial charge in [0.25, 0.3) is 0 Å². The Morgan fingerprint density at radius 2 is 2.00 bits per heavy atom. The normalized spacial score (nSPS) is 14.1. The Labute approximate surface area is 132 Å². The van der Waals surface area contributed by atoms with E-state index in [9.17, 15) is 9.90 Å². The van der Waals surface area contributed by atoms with Crippen LogP contribution in [0.2, 0.25) is 0 Å². The Morgan fingerprint density at radius 3 is 2.87 bits per heavy atom. The largest absolute Gasteiger partial charge is 0.481 e. The van der Waals surface area contributed by atoms with Crippen LogP contribution in [0.5, 0.6) is 11.5 Å². The SMILES string of the molecule is O=C(O)C[C@H](c1cccc2c1OCO2)c1c[nH]c2ccccc12. The van der Waals surface area contributed by atoms with Gasteiger partial charge in [-0.1, -0.05) is 30.3 Å². The first-order valence-corrected chi connectivity index (χ1v) is 7.40. The molecule has 4 rings (SSSR count). The number of benzene rings is 2. The summed E-state index contributed by atoms with van der Waals surface area (Å²) in [5.74, 6) is 0.152. The van der Waals surface area contributed by atoms with Crippen molar-refractivity contribution in [2.45, 2.75) is 12.3 Å². The molecule has 0 spiro atoms. The Morgan fingerprint density at radius 1 is 1.13 bits per heavy atom. The van der Waals surface area contributed by atoms with Crippen molar-refractivity contribution in [2.24, 2.45) is 0 Å². The minimum absolute atomic E-state index is 0.0122. The highest BCUT2D eigenvalue weighted by Crippen LogP contribution is 2.43. The van der Waals surface area contributed by atoms with Gasteiger partial charge in [-0.3, -0.25) is 4.79 Å². The van der Waals surface area contributed by atoms with E-state index in [0.29, 0.717) is 11.5 Å². The predicted molar refractivity (Wildman–Crippen MR) is 85.0 cm³/mol. The van der Waals surface area contributed by atoms with Gasteiger partial charge < -0.3 is 19.6 Å². The highest BCUT2D eigenvalue weighted by molar-refractivity contribution is 5.85. The lowest BCUT2D eigenvalue weighted by Gasteiger charge is -2.17. The number of H-pyrrole nitrogens is 1. The maximum Gasteiger partial charge on any atom is 0.304 e. The van der Waals surface area contributed by atoms with Crippen LogP contribution < -0.4 is 9.47 Å². The fourth-order valence-corrected chi connectivity index (χ4v) is 3.17. The van der Waals surface area contributed by atoms with Crippen molar-refractivity contribution in [1.29, 1.82) is 0 Å². The first kappa shape index (κ1) is 13.7. The molecule has 2 N–H and O–H groups in total. The van der Waals surface area contributed by atoms with Crippen LogP contribution in [0.15, 0.2) is 48.7 Å². The van der Waals surface area contributed by atoms with Crippen molar-refractivity contribution in [3.63, 3.8) is 0 Å². The topological polar surface area (TPSA) is 71.6 Å². The zero-order chi connectivity index (χ0) is 15.8. The van der Waals surface area contributed by atoms with Gasteiger partial charge in [-0.2, -0.15) is 0 Å². The molecule has 1 aliphatic rings. The Balaban J connectivity index is 1.89. The lowest BCUT2D eigenvalue weighted by atomic mass is 9.87. The molecule has 2 heterocycles. The van der Waals surface area contributed by atoms with Crippen LogP contribution in [0.25, 0.3) is 10.9 Å². The second-order valence-electron chi connectivity index (χ2n) is 5.52. The molecule has 0 fully saturated rings. The number of fused-ring (bicyclic) bond motifs is 2. The Kier molecular flexibility index (Phi) is 3.19. The quantitative estimate of drug-likeness (QED) is 0.773. The number of carboxylic acid groups (broad SMARTS) is 1. The number of hydrogen-bond donors (Lipinski definition) is 2. The summed E-state index contributed by atoms with van der Waals surface area (Å²) in [7, 11) is 0. The molecule has 0 bridgehead atoms. The Hall–Kier alpha value is -2.95. The minimum atomic E-state index is -0.850. The lowest BCUT2D eigenvalue weighted by Crippen LogP contribution is -2.08. The van der Waals surface area contributed by atoms with Crippen LogP contribution in [0.4, 0.5) is 0 Å². The first-order chi connectivity index (χ1) is 11.2. The van der Waals surface area contributed by atoms with Crippen LogP contribution in [-0.2, 0) is 4.79 Å². The third-order valence-corrected chi connectivity index (χ3v) is 4.18. The third-order valence-electron chi connectivity index (χ3n) is 4.18. The Bertz CT molecular complexity index is 884. The summed E-state index contributed by atoms with van der Waals surface area (Å²) < 4.78 is 11.0. The average molecular weight is 309 g/mol. The average Bonchev–Trinajstić information content (AvgIpc) is 3.19. The number of ether oxygens (including phenoxy) is 2. The van der Waals surface area contributed by atoms with E-state index in [4.69, 9.17) is 9.47 Å². The standard InChI is InChI=1S/C18H15NO4/c20-17(21)8-13(12-5-3-7-16-18(12)23-10-22-16)14-9-19-15-6-2-1-4-11(14)15/h1-7,9,13,19H,8,10H2,(H,20,21)/t13-/m1/s1. The number of aromatic nitrogens is 1. The minimum Gasteiger partial charge on any atom is -0.481 e. The van der Waals surface area contributed by atoms with E-state index in [1.54, 1.807) is 0 Å². The molecule has 0 saturated heterocycles. The number of rotatable bonds is 4. The van der Waals surface area contributed by atoms with E-state index < -0.39 is 5.97 Å². The summed E-state index contributed by atoms with van der Waals surface area (Å²) >= 11 is 0. The molecule has 0 radical (unpaired) electrons. The van der Waals surface area contributed by atoms with Gasteiger partial charge in [0.2, 0.25) is 6.79 Å². The van der Waals surface area contributed by atoms with Crippen molar-refractivity contribution in [3.05, 3.63) is 59.8 Å². The van der Waals surface area contributed by atoms with E-state index >= 15 is 0 Å². The molecule has 0 amide bonds. The summed E-state index contributed by atoms with van der Waals surface area (Å²) in [5, 5.41) is 10.4. The molecule has 23 heavy (non-hydrogen) atoms. The second-order valence-corrected chi connectivity index (χ2v) is 5.52. The molecule has 116 valence electrons. The van der Waals surface area contributed by atoms with Gasteiger partial charge in [0.1, 0.15) is 0 Å². The van der Waals surface area contributed by atoms with Gasteiger partial charge >= 0.3 is 5.97 Å². The number of nitrogens with one attached hydrogen (secondary N) is 1. The number of carboxylic acids is 1. The molecule has 1 aliphatic heterocycles. The summed E-state index contributed by atoms with van der Waals surface area (Å²) in [6.45, 7) is 0.167. The molecular formula is C18H15NO4. The van der Waals surface area contributed by atoms with Gasteiger partial charge in [0.05, 0.1) is 6.42 Å². The maximum atomic E-state index is 11.4. The molecule has 2 aromatic carbocycles. The van der Waals surface area contributed by atoms with Crippen molar-refractivity contribution >= 4 is 16.9 Å². The molecular weight excluding hydrogens is 294 g/mol. The number of carbonyl (C=O) groups is 1. The van der Waals surface area contributed by atoms with Crippen molar-refractivity contribution in [2.75, 3.05) is 6.79 Å². The van der Waals surface area contributed by atoms with Crippen molar-refractivity contribution in [3.8, 4) is 11.5 Å². The summed E-state index contributed by atoms with van der Waals surface area (Å²) in [6, 6.07) is 13.5. The van der Waals surface area contributed by atoms with Crippen molar-refractivity contribution < 1.29 is 19.4 Å². The molecule has 5 heteroatoms. The van der Waals surface area contributed by atoms with E-state index in [-0.39, 0.29) is 19.1 Å². The highest BCUT2D eigenvalue weighted by atomic mass is 16.7. The third kappa shape index (κ3) is 2.30. The fraction of sp³-hybridized carbons (Fsp3) is 0.167. The highest BCUT2D eigenvalue weighted by Gasteiger charge is 2.27. The maximum absolute atomic E-state index is 11.4. The van der Waals surface area contributed by atoms with E-state index in [0.717, 1.165) is 22.0 Å². The fourth-order valence-electron chi connectivity index (χ4n) is 3.17. The lowest BCUT2D eigenvalue weighted by molar-refractivity contribution is -0.137. The molecule has 0 saturated carbocycles. The van der Waals surface area contributed by atoms with Gasteiger partial charge in [-0.15, -0.1) is 0 Å². The van der Waals surface area contributed by atoms with Crippen LogP contribution in [0.1, 0.15) is 23.5 Å². The van der Waals surface area contributed by atoms with Gasteiger partial charge in [0, 0.05) is 28.6 Å². The summed E-state index contributed by atoms with van der Waals surface area (Å²) in [6.07, 6.45) is 1.87. The van der Waals surface area contributed by atoms with Crippen LogP contribution in [-0.4, -0.2) is 22.9 Å². The molecule has 5 nitrogen and oxygen atoms in total. The molecule has 1 aromatic heterocycles. The smallest absolute Gasteiger partial charge is 0.304 e. The summed E-state index contributed by atoms with van der Waals surface area (Å²) in [5.41, 5.74) is 2.78. The van der Waals surface area contributed by atoms with E-state index in [1.165, 1.54) is 0 Å². The second kappa shape index (κ2) is 5.35. The van der Waals surface area contributed by atoms with E-state index in [1.807, 2.05) is 48.7 Å². The zero-order valence-corrected chi connectivity index (χ0v) is 12.3. The predicted octanol–water partition coefficient (Wildman–Crippen LogP) is 3.50. The first-order valence-electron chi connectivity index (χ1n) is 7.40. The number of aromatic amines is 1. The zero-order valence-electron chi connectivity index (χ0n) is 12.3. The number of hydrogen-bond acceptors (Lipinski definition) is 3. The van der Waals surface area contributed by atoms with Crippen LogP contribution >= 0.6 is 0 Å². The number of para-hydroxylation sites is 2. The molecule has 0 aliphatic carbocycles. The van der Waals surface area contributed by atoms with E-state index in [2.05, 4.69) is 4.98 Å². The van der Waals surface area contributed by atoms with Crippen LogP contribution in [0, 0.1) is 0 Å². The monoisotopic (exact) mass is 309 g/mol. The van der Waals surface area contributed by atoms with Crippen molar-refractivity contribution in [1.82, 2.24) is 4.98 Å². The molecule has 3 aromatic rings. The van der Waals surface area contributed by atoms with Crippen LogP contribution in [0.3, 0.4) is 0 Å². The molecule has 1 atom stereocenters. The summed E-state index contributed by atoms with van der Waals surface area (Å²) in [4.78, 5) is 14.6. The van der Waals surface area contributed by atoms with Gasteiger partial charge in [-0.25, -0.2) is 0 Å². The molecule has 0 unspecified atom stereocenters. The van der Waals surface area contributed by atoms with Gasteiger partial charge in [0.15, 0.2) is 11.5 Å².